The van der Waals surface area contributed by atoms with Gasteiger partial charge < -0.3 is 15.0 Å². The van der Waals surface area contributed by atoms with Crippen molar-refractivity contribution in [3.05, 3.63) is 78.9 Å². The van der Waals surface area contributed by atoms with Crippen molar-refractivity contribution in [2.45, 2.75) is 13.0 Å². The molecule has 2 N–H and O–H groups in total. The third-order valence-corrected chi connectivity index (χ3v) is 4.22. The molecule has 1 amide bonds. The van der Waals surface area contributed by atoms with Gasteiger partial charge in [0.05, 0.1) is 11.0 Å². The summed E-state index contributed by atoms with van der Waals surface area (Å²) >= 11 is 0. The molecule has 0 radical (unpaired) electrons. The Bertz CT molecular complexity index is 1040. The zero-order chi connectivity index (χ0) is 18.6. The van der Waals surface area contributed by atoms with E-state index in [-0.39, 0.29) is 5.91 Å². The number of hydrogen-bond donors (Lipinski definition) is 2. The first-order valence-electron chi connectivity index (χ1n) is 8.77. The van der Waals surface area contributed by atoms with E-state index in [1.165, 1.54) is 0 Å². The number of imidazole rings is 1. The number of rotatable bonds is 5. The number of amides is 1. The number of hydrogen-bond acceptors (Lipinski definition) is 3. The molecule has 3 aromatic carbocycles. The lowest BCUT2D eigenvalue weighted by atomic mass is 10.2. The second-order valence-electron chi connectivity index (χ2n) is 6.25. The highest BCUT2D eigenvalue weighted by Crippen LogP contribution is 2.23. The molecule has 0 bridgehead atoms. The van der Waals surface area contributed by atoms with Crippen molar-refractivity contribution in [1.82, 2.24) is 9.97 Å². The van der Waals surface area contributed by atoms with Gasteiger partial charge in [-0.25, -0.2) is 4.98 Å². The minimum absolute atomic E-state index is 0.208. The largest absolute Gasteiger partial charge is 0.481 e. The predicted octanol–water partition coefficient (Wildman–Crippen LogP) is 4.64. The van der Waals surface area contributed by atoms with E-state index in [1.54, 1.807) is 6.92 Å². The van der Waals surface area contributed by atoms with Crippen LogP contribution in [0.4, 0.5) is 5.69 Å². The normalized spacial score (nSPS) is 11.9. The molecule has 4 rings (SSSR count). The van der Waals surface area contributed by atoms with Crippen molar-refractivity contribution in [1.29, 1.82) is 0 Å². The molecular weight excluding hydrogens is 338 g/mol. The molecule has 134 valence electrons. The van der Waals surface area contributed by atoms with Gasteiger partial charge in [0, 0.05) is 11.3 Å². The second kappa shape index (κ2) is 7.33. The summed E-state index contributed by atoms with van der Waals surface area (Å²) in [6.45, 7) is 1.73. The minimum Gasteiger partial charge on any atom is -0.481 e. The van der Waals surface area contributed by atoms with Gasteiger partial charge in [-0.05, 0) is 43.3 Å². The van der Waals surface area contributed by atoms with E-state index in [0.717, 1.165) is 22.4 Å². The average Bonchev–Trinajstić information content (AvgIpc) is 3.13. The van der Waals surface area contributed by atoms with Crippen molar-refractivity contribution < 1.29 is 9.53 Å². The fourth-order valence-corrected chi connectivity index (χ4v) is 2.83. The molecule has 5 heteroatoms. The molecule has 0 fully saturated rings. The lowest BCUT2D eigenvalue weighted by molar-refractivity contribution is -0.122. The number of benzene rings is 3. The van der Waals surface area contributed by atoms with Crippen molar-refractivity contribution >= 4 is 22.6 Å². The number of aromatic amines is 1. The Kier molecular flexibility index (Phi) is 4.58. The van der Waals surface area contributed by atoms with Gasteiger partial charge >= 0.3 is 0 Å². The SMILES string of the molecule is C[C@H](Oc1ccccc1)C(=O)Nc1cccc(-c2nc3ccccc3[nH]2)c1. The standard InChI is InChI=1S/C22H19N3O2/c1-15(27-18-10-3-2-4-11-18)22(26)23-17-9-7-8-16(14-17)21-24-19-12-5-6-13-20(19)25-21/h2-15H,1H3,(H,23,26)(H,24,25)/t15-/m0/s1. The first-order chi connectivity index (χ1) is 13.2. The molecule has 0 aliphatic carbocycles. The maximum Gasteiger partial charge on any atom is 0.265 e. The third kappa shape index (κ3) is 3.82. The molecule has 4 aromatic rings. The van der Waals surface area contributed by atoms with Crippen LogP contribution >= 0.6 is 0 Å². The van der Waals surface area contributed by atoms with E-state index in [2.05, 4.69) is 15.3 Å². The first kappa shape index (κ1) is 16.8. The Hall–Kier alpha value is -3.60. The highest BCUT2D eigenvalue weighted by molar-refractivity contribution is 5.94. The Morgan fingerprint density at radius 2 is 1.78 bits per heavy atom. The fourth-order valence-electron chi connectivity index (χ4n) is 2.83. The molecule has 0 aliphatic rings. The number of carbonyl (C=O) groups excluding carboxylic acids is 1. The Labute approximate surface area is 157 Å². The van der Waals surface area contributed by atoms with E-state index < -0.39 is 6.10 Å². The number of nitrogens with one attached hydrogen (secondary N) is 2. The van der Waals surface area contributed by atoms with Crippen LogP contribution in [0, 0.1) is 0 Å². The molecule has 0 saturated carbocycles. The average molecular weight is 357 g/mol. The Morgan fingerprint density at radius 3 is 2.59 bits per heavy atom. The van der Waals surface area contributed by atoms with Crippen molar-refractivity contribution in [3.63, 3.8) is 0 Å². The van der Waals surface area contributed by atoms with Crippen LogP contribution in [0.2, 0.25) is 0 Å². The van der Waals surface area contributed by atoms with Crippen LogP contribution < -0.4 is 10.1 Å². The molecule has 1 aromatic heterocycles. The quantitative estimate of drug-likeness (QED) is 0.547. The molecule has 0 saturated heterocycles. The Balaban J connectivity index is 1.49. The van der Waals surface area contributed by atoms with Gasteiger partial charge in [-0.15, -0.1) is 0 Å². The highest BCUT2D eigenvalue weighted by atomic mass is 16.5. The second-order valence-corrected chi connectivity index (χ2v) is 6.25. The molecule has 5 nitrogen and oxygen atoms in total. The lowest BCUT2D eigenvalue weighted by Gasteiger charge is -2.15. The number of para-hydroxylation sites is 3. The van der Waals surface area contributed by atoms with E-state index in [0.29, 0.717) is 11.4 Å². The van der Waals surface area contributed by atoms with Gasteiger partial charge in [-0.2, -0.15) is 0 Å². The van der Waals surface area contributed by atoms with Gasteiger partial charge in [0.1, 0.15) is 11.6 Å². The number of fused-ring (bicyclic) bond motifs is 1. The van der Waals surface area contributed by atoms with Crippen molar-refractivity contribution in [3.8, 4) is 17.1 Å². The highest BCUT2D eigenvalue weighted by Gasteiger charge is 2.15. The van der Waals surface area contributed by atoms with Crippen molar-refractivity contribution in [2.75, 3.05) is 5.32 Å². The maximum absolute atomic E-state index is 12.4. The van der Waals surface area contributed by atoms with Gasteiger partial charge in [-0.3, -0.25) is 4.79 Å². The topological polar surface area (TPSA) is 67.0 Å². The number of nitrogens with zero attached hydrogens (tertiary/aromatic N) is 1. The van der Waals surface area contributed by atoms with E-state index in [4.69, 9.17) is 4.74 Å². The van der Waals surface area contributed by atoms with Crippen LogP contribution in [0.1, 0.15) is 6.92 Å². The van der Waals surface area contributed by atoms with E-state index in [1.807, 2.05) is 78.9 Å². The summed E-state index contributed by atoms with van der Waals surface area (Å²) in [4.78, 5) is 20.3. The molecule has 0 unspecified atom stereocenters. The number of anilines is 1. The summed E-state index contributed by atoms with van der Waals surface area (Å²) in [5, 5.41) is 2.90. The summed E-state index contributed by atoms with van der Waals surface area (Å²) in [5.41, 5.74) is 3.49. The minimum atomic E-state index is -0.609. The maximum atomic E-state index is 12.4. The zero-order valence-electron chi connectivity index (χ0n) is 14.8. The molecular formula is C22H19N3O2. The molecule has 1 atom stereocenters. The first-order valence-corrected chi connectivity index (χ1v) is 8.77. The summed E-state index contributed by atoms with van der Waals surface area (Å²) in [5.74, 6) is 1.22. The van der Waals surface area contributed by atoms with Crippen LogP contribution in [-0.4, -0.2) is 22.0 Å². The predicted molar refractivity (Wildman–Crippen MR) is 107 cm³/mol. The lowest BCUT2D eigenvalue weighted by Crippen LogP contribution is -2.30. The molecule has 1 heterocycles. The summed E-state index contributed by atoms with van der Waals surface area (Å²) in [6, 6.07) is 24.8. The summed E-state index contributed by atoms with van der Waals surface area (Å²) in [7, 11) is 0. The molecule has 0 spiro atoms. The van der Waals surface area contributed by atoms with Gasteiger partial charge in [0.15, 0.2) is 6.10 Å². The Morgan fingerprint density at radius 1 is 1.00 bits per heavy atom. The van der Waals surface area contributed by atoms with E-state index >= 15 is 0 Å². The monoisotopic (exact) mass is 357 g/mol. The molecule has 27 heavy (non-hydrogen) atoms. The summed E-state index contributed by atoms with van der Waals surface area (Å²) < 4.78 is 5.67. The van der Waals surface area contributed by atoms with Crippen LogP contribution in [0.25, 0.3) is 22.4 Å². The van der Waals surface area contributed by atoms with Gasteiger partial charge in [0.25, 0.3) is 5.91 Å². The van der Waals surface area contributed by atoms with Crippen LogP contribution in [0.15, 0.2) is 78.9 Å². The van der Waals surface area contributed by atoms with Crippen LogP contribution in [0.5, 0.6) is 5.75 Å². The van der Waals surface area contributed by atoms with Crippen molar-refractivity contribution in [2.24, 2.45) is 0 Å². The number of ether oxygens (including phenoxy) is 1. The smallest absolute Gasteiger partial charge is 0.265 e. The third-order valence-electron chi connectivity index (χ3n) is 4.22. The van der Waals surface area contributed by atoms with Crippen LogP contribution in [0.3, 0.4) is 0 Å². The number of carbonyl (C=O) groups is 1. The molecule has 0 aliphatic heterocycles. The van der Waals surface area contributed by atoms with Gasteiger partial charge in [-0.1, -0.05) is 42.5 Å². The van der Waals surface area contributed by atoms with E-state index in [9.17, 15) is 4.79 Å². The van der Waals surface area contributed by atoms with Crippen LogP contribution in [-0.2, 0) is 4.79 Å². The number of aromatic nitrogens is 2. The van der Waals surface area contributed by atoms with Gasteiger partial charge in [0.2, 0.25) is 0 Å². The number of H-pyrrole nitrogens is 1. The fraction of sp³-hybridized carbons (Fsp3) is 0.0909. The summed E-state index contributed by atoms with van der Waals surface area (Å²) in [6.07, 6.45) is -0.609. The zero-order valence-corrected chi connectivity index (χ0v) is 14.8.